The number of aliphatic imine (C=N–C) groups is 2. The molecule has 2 aromatic carbocycles. The Morgan fingerprint density at radius 1 is 1.17 bits per heavy atom. The minimum atomic E-state index is -0.413. The first-order valence-corrected chi connectivity index (χ1v) is 10.6. The number of nitrogens with one attached hydrogen (secondary N) is 1. The van der Waals surface area contributed by atoms with Crippen molar-refractivity contribution >= 4 is 46.0 Å². The quantitative estimate of drug-likeness (QED) is 0.795. The molecule has 2 amide bonds. The molecule has 0 aliphatic carbocycles. The van der Waals surface area contributed by atoms with Crippen molar-refractivity contribution in [3.8, 4) is 5.75 Å². The molecule has 1 atom stereocenters. The second kappa shape index (κ2) is 8.31. The van der Waals surface area contributed by atoms with Gasteiger partial charge in [0, 0.05) is 11.3 Å². The van der Waals surface area contributed by atoms with E-state index < -0.39 is 6.04 Å². The van der Waals surface area contributed by atoms with Gasteiger partial charge in [-0.3, -0.25) is 14.5 Å². The summed E-state index contributed by atoms with van der Waals surface area (Å²) in [5.74, 6) is 1.23. The first kappa shape index (κ1) is 20.2. The van der Waals surface area contributed by atoms with Gasteiger partial charge in [-0.1, -0.05) is 37.7 Å². The van der Waals surface area contributed by atoms with Crippen LogP contribution in [0.2, 0.25) is 0 Å². The van der Waals surface area contributed by atoms with E-state index in [1.54, 1.807) is 31.4 Å². The zero-order valence-electron chi connectivity index (χ0n) is 17.0. The van der Waals surface area contributed by atoms with E-state index in [0.717, 1.165) is 17.0 Å². The summed E-state index contributed by atoms with van der Waals surface area (Å²) in [6.45, 7) is 3.97. The molecule has 30 heavy (non-hydrogen) atoms. The topological polar surface area (TPSA) is 83.4 Å². The largest absolute Gasteiger partial charge is 0.497 e. The third-order valence-corrected chi connectivity index (χ3v) is 5.83. The van der Waals surface area contributed by atoms with Crippen LogP contribution in [0.25, 0.3) is 0 Å². The van der Waals surface area contributed by atoms with E-state index >= 15 is 0 Å². The van der Waals surface area contributed by atoms with Crippen LogP contribution in [0, 0.1) is 5.92 Å². The Labute approximate surface area is 179 Å². The van der Waals surface area contributed by atoms with Gasteiger partial charge in [-0.2, -0.15) is 4.99 Å². The van der Waals surface area contributed by atoms with Crippen LogP contribution in [0.1, 0.15) is 19.4 Å². The Morgan fingerprint density at radius 3 is 2.60 bits per heavy atom. The van der Waals surface area contributed by atoms with E-state index in [1.807, 2.05) is 43.0 Å². The molecule has 1 N–H and O–H groups in total. The Kier molecular flexibility index (Phi) is 5.59. The fourth-order valence-corrected chi connectivity index (χ4v) is 4.30. The molecule has 0 aromatic heterocycles. The van der Waals surface area contributed by atoms with E-state index in [2.05, 4.69) is 10.3 Å². The van der Waals surface area contributed by atoms with Gasteiger partial charge in [0.05, 0.1) is 18.6 Å². The second-order valence-electron chi connectivity index (χ2n) is 7.31. The van der Waals surface area contributed by atoms with Crippen molar-refractivity contribution in [2.24, 2.45) is 15.9 Å². The molecule has 0 bridgehead atoms. The summed E-state index contributed by atoms with van der Waals surface area (Å²) >= 11 is 1.30. The number of rotatable bonds is 5. The van der Waals surface area contributed by atoms with Gasteiger partial charge < -0.3 is 10.1 Å². The molecule has 0 fully saturated rings. The number of carbonyl (C=O) groups is 2. The van der Waals surface area contributed by atoms with Crippen molar-refractivity contribution in [1.82, 2.24) is 4.90 Å². The van der Waals surface area contributed by atoms with Crippen molar-refractivity contribution in [2.45, 2.75) is 19.9 Å². The summed E-state index contributed by atoms with van der Waals surface area (Å²) < 4.78 is 5.13. The monoisotopic (exact) mass is 422 g/mol. The molecule has 2 aliphatic rings. The molecule has 2 aliphatic heterocycles. The van der Waals surface area contributed by atoms with Gasteiger partial charge in [-0.25, -0.2) is 4.99 Å². The third-order valence-electron chi connectivity index (χ3n) is 4.88. The average Bonchev–Trinajstić information content (AvgIpc) is 3.10. The lowest BCUT2D eigenvalue weighted by Gasteiger charge is -2.32. The van der Waals surface area contributed by atoms with Crippen LogP contribution >= 0.6 is 11.8 Å². The van der Waals surface area contributed by atoms with E-state index in [9.17, 15) is 9.59 Å². The fourth-order valence-electron chi connectivity index (χ4n) is 3.47. The number of methoxy groups -OCH3 is 1. The minimum absolute atomic E-state index is 0.0583. The minimum Gasteiger partial charge on any atom is -0.497 e. The van der Waals surface area contributed by atoms with Crippen LogP contribution in [0.5, 0.6) is 5.75 Å². The van der Waals surface area contributed by atoms with Crippen molar-refractivity contribution in [1.29, 1.82) is 0 Å². The van der Waals surface area contributed by atoms with Crippen LogP contribution in [0.15, 0.2) is 58.5 Å². The lowest BCUT2D eigenvalue weighted by molar-refractivity contribution is -0.120. The molecule has 0 spiro atoms. The molecule has 1 unspecified atom stereocenters. The number of hydrogen-bond donors (Lipinski definition) is 1. The highest BCUT2D eigenvalue weighted by Gasteiger charge is 2.43. The highest BCUT2D eigenvalue weighted by Crippen LogP contribution is 2.35. The summed E-state index contributed by atoms with van der Waals surface area (Å²) in [5.41, 5.74) is 2.28. The van der Waals surface area contributed by atoms with E-state index in [4.69, 9.17) is 9.73 Å². The number of thioether (sulfide) groups is 1. The number of para-hydroxylation sites is 1. The van der Waals surface area contributed by atoms with Crippen LogP contribution in [-0.2, 0) is 9.59 Å². The SMILES string of the molecule is COc1ccc(NC(=O)CSC2=Nc3ccccc3C3=NC(=O)C(C(C)C)N23)cc1. The summed E-state index contributed by atoms with van der Waals surface area (Å²) in [5, 5.41) is 3.48. The van der Waals surface area contributed by atoms with E-state index in [1.165, 1.54) is 11.8 Å². The first-order chi connectivity index (χ1) is 14.5. The summed E-state index contributed by atoms with van der Waals surface area (Å²) in [6, 6.07) is 14.3. The predicted octanol–water partition coefficient (Wildman–Crippen LogP) is 3.68. The molecule has 4 rings (SSSR count). The van der Waals surface area contributed by atoms with Gasteiger partial charge in [0.15, 0.2) is 5.17 Å². The Balaban J connectivity index is 1.53. The molecule has 7 nitrogen and oxygen atoms in total. The number of amidine groups is 2. The number of carbonyl (C=O) groups excluding carboxylic acids is 2. The highest BCUT2D eigenvalue weighted by atomic mass is 32.2. The summed E-state index contributed by atoms with van der Waals surface area (Å²) in [4.78, 5) is 36.0. The van der Waals surface area contributed by atoms with Crippen LogP contribution in [-0.4, -0.2) is 46.6 Å². The van der Waals surface area contributed by atoms with Crippen molar-refractivity contribution < 1.29 is 14.3 Å². The van der Waals surface area contributed by atoms with Crippen molar-refractivity contribution in [2.75, 3.05) is 18.2 Å². The summed E-state index contributed by atoms with van der Waals surface area (Å²) in [7, 11) is 1.60. The first-order valence-electron chi connectivity index (χ1n) is 9.64. The molecular weight excluding hydrogens is 400 g/mol. The predicted molar refractivity (Wildman–Crippen MR) is 120 cm³/mol. The van der Waals surface area contributed by atoms with Gasteiger partial charge >= 0.3 is 0 Å². The fraction of sp³-hybridized carbons (Fsp3) is 0.273. The molecule has 2 aromatic rings. The molecule has 0 radical (unpaired) electrons. The molecule has 0 saturated carbocycles. The van der Waals surface area contributed by atoms with Crippen molar-refractivity contribution in [3.63, 3.8) is 0 Å². The normalized spacial score (nSPS) is 17.3. The van der Waals surface area contributed by atoms with Gasteiger partial charge in [0.1, 0.15) is 17.6 Å². The number of anilines is 1. The smallest absolute Gasteiger partial charge is 0.271 e. The van der Waals surface area contributed by atoms with Gasteiger partial charge in [-0.15, -0.1) is 0 Å². The van der Waals surface area contributed by atoms with Gasteiger partial charge in [-0.05, 0) is 42.3 Å². The van der Waals surface area contributed by atoms with Gasteiger partial charge in [0.2, 0.25) is 5.91 Å². The lowest BCUT2D eigenvalue weighted by atomic mass is 10.0. The van der Waals surface area contributed by atoms with Crippen LogP contribution in [0.4, 0.5) is 11.4 Å². The van der Waals surface area contributed by atoms with Crippen LogP contribution in [0.3, 0.4) is 0 Å². The number of fused-ring (bicyclic) bond motifs is 3. The Bertz CT molecular complexity index is 1050. The van der Waals surface area contributed by atoms with E-state index in [-0.39, 0.29) is 23.5 Å². The van der Waals surface area contributed by atoms with Crippen molar-refractivity contribution in [3.05, 3.63) is 54.1 Å². The zero-order chi connectivity index (χ0) is 21.3. The lowest BCUT2D eigenvalue weighted by Crippen LogP contribution is -2.46. The van der Waals surface area contributed by atoms with Crippen LogP contribution < -0.4 is 10.1 Å². The maximum atomic E-state index is 12.6. The highest BCUT2D eigenvalue weighted by molar-refractivity contribution is 8.14. The maximum Gasteiger partial charge on any atom is 0.271 e. The molecule has 8 heteroatoms. The third kappa shape index (κ3) is 3.82. The number of benzene rings is 2. The summed E-state index contributed by atoms with van der Waals surface area (Å²) in [6.07, 6.45) is 0. The van der Waals surface area contributed by atoms with E-state index in [0.29, 0.717) is 16.7 Å². The van der Waals surface area contributed by atoms with Gasteiger partial charge in [0.25, 0.3) is 5.91 Å². The molecule has 0 saturated heterocycles. The standard InChI is InChI=1S/C22H22N4O3S/c1-13(2)19-21(28)25-20-16-6-4-5-7-17(16)24-22(26(19)20)30-12-18(27)23-14-8-10-15(29-3)11-9-14/h4-11,13,19H,12H2,1-3H3,(H,23,27). The average molecular weight is 423 g/mol. The number of nitrogens with zero attached hydrogens (tertiary/aromatic N) is 3. The maximum absolute atomic E-state index is 12.6. The molecule has 154 valence electrons. The zero-order valence-corrected chi connectivity index (χ0v) is 17.8. The molecule has 2 heterocycles. The second-order valence-corrected chi connectivity index (χ2v) is 8.25. The number of ether oxygens (including phenoxy) is 1. The molecular formula is C22H22N4O3S. The number of hydrogen-bond acceptors (Lipinski definition) is 6. The Hall–Kier alpha value is -3.13. The number of amides is 2. The Morgan fingerprint density at radius 2 is 1.90 bits per heavy atom.